The maximum absolute atomic E-state index is 13.0. The summed E-state index contributed by atoms with van der Waals surface area (Å²) in [5.74, 6) is -0.356. The first kappa shape index (κ1) is 14.1. The number of hydrogen-bond donors (Lipinski definition) is 0. The molecular weight excluding hydrogens is 238 g/mol. The van der Waals surface area contributed by atoms with E-state index in [1.54, 1.807) is 0 Å². The van der Waals surface area contributed by atoms with E-state index >= 15 is 0 Å². The molecule has 0 bridgehead atoms. The van der Waals surface area contributed by atoms with Crippen LogP contribution in [0.4, 0.5) is 8.78 Å². The molecule has 0 spiro atoms. The standard InChI is InChI=1S/C10H11F2S.Ti/c1-2-3-6-13-10-5-4-8(11)7-9(10)12;/h4-5H,2-3,6H2,1H3;/q-1;. The maximum Gasteiger partial charge on any atom is 0.0268 e. The van der Waals surface area contributed by atoms with E-state index in [-0.39, 0.29) is 21.7 Å². The minimum absolute atomic E-state index is 0. The van der Waals surface area contributed by atoms with Crippen LogP contribution in [0.5, 0.6) is 0 Å². The number of hydrogen-bond acceptors (Lipinski definition) is 1. The van der Waals surface area contributed by atoms with Gasteiger partial charge in [-0.2, -0.15) is 17.8 Å². The van der Waals surface area contributed by atoms with Gasteiger partial charge >= 0.3 is 0 Å². The quantitative estimate of drug-likeness (QED) is 0.339. The summed E-state index contributed by atoms with van der Waals surface area (Å²) in [5, 5.41) is 0. The van der Waals surface area contributed by atoms with Gasteiger partial charge in [0.25, 0.3) is 0 Å². The van der Waals surface area contributed by atoms with Crippen molar-refractivity contribution in [1.29, 1.82) is 0 Å². The summed E-state index contributed by atoms with van der Waals surface area (Å²) >= 11 is 1.41. The van der Waals surface area contributed by atoms with E-state index in [1.165, 1.54) is 23.9 Å². The van der Waals surface area contributed by atoms with Gasteiger partial charge in [0.1, 0.15) is 0 Å². The Bertz CT molecular complexity index is 279. The number of halogens is 2. The number of rotatable bonds is 4. The minimum atomic E-state index is -0.641. The molecule has 0 aliphatic rings. The molecule has 0 unspecified atom stereocenters. The fraction of sp³-hybridized carbons (Fsp3) is 0.400. The first-order valence-electron chi connectivity index (χ1n) is 4.24. The summed E-state index contributed by atoms with van der Waals surface area (Å²) in [6, 6.07) is 4.70. The first-order chi connectivity index (χ1) is 6.24. The first-order valence-corrected chi connectivity index (χ1v) is 5.22. The Labute approximate surface area is 102 Å². The Balaban J connectivity index is 0.00000169. The van der Waals surface area contributed by atoms with Crippen LogP contribution in [0.3, 0.4) is 0 Å². The van der Waals surface area contributed by atoms with Gasteiger partial charge in [-0.05, 0) is 12.2 Å². The van der Waals surface area contributed by atoms with Crippen LogP contribution in [0.2, 0.25) is 0 Å². The Hall–Kier alpha value is 0.144. The molecule has 0 nitrogen and oxygen atoms in total. The molecule has 0 fully saturated rings. The largest absolute Gasteiger partial charge is 0.236 e. The van der Waals surface area contributed by atoms with Crippen LogP contribution in [-0.2, 0) is 21.7 Å². The van der Waals surface area contributed by atoms with Gasteiger partial charge in [0.2, 0.25) is 0 Å². The third kappa shape index (κ3) is 4.58. The van der Waals surface area contributed by atoms with E-state index in [2.05, 4.69) is 6.92 Å². The second-order valence-electron chi connectivity index (χ2n) is 2.69. The minimum Gasteiger partial charge on any atom is -0.236 e. The second kappa shape index (κ2) is 7.44. The molecule has 0 aliphatic carbocycles. The van der Waals surface area contributed by atoms with Crippen LogP contribution in [0.25, 0.3) is 0 Å². The molecule has 1 aromatic carbocycles. The third-order valence-corrected chi connectivity index (χ3v) is 2.70. The zero-order chi connectivity index (χ0) is 9.68. The van der Waals surface area contributed by atoms with E-state index in [0.717, 1.165) is 18.6 Å². The average Bonchev–Trinajstić information content (AvgIpc) is 2.09. The molecule has 0 saturated heterocycles. The van der Waals surface area contributed by atoms with E-state index < -0.39 is 11.6 Å². The Kier molecular flexibility index (Phi) is 7.51. The molecular formula is C10H11F2STi-. The second-order valence-corrected chi connectivity index (χ2v) is 3.82. The molecule has 0 saturated carbocycles. The van der Waals surface area contributed by atoms with Crippen LogP contribution in [0.15, 0.2) is 17.0 Å². The SMILES string of the molecule is CCCCSc1ccc(F)[c-]c1F.[Ti]. The molecule has 0 radical (unpaired) electrons. The van der Waals surface area contributed by atoms with Gasteiger partial charge < -0.3 is 0 Å². The molecule has 14 heavy (non-hydrogen) atoms. The van der Waals surface area contributed by atoms with Crippen LogP contribution in [-0.4, -0.2) is 5.75 Å². The molecule has 0 atom stereocenters. The Morgan fingerprint density at radius 2 is 2.07 bits per heavy atom. The van der Waals surface area contributed by atoms with Crippen molar-refractivity contribution in [2.24, 2.45) is 0 Å². The molecule has 0 heterocycles. The van der Waals surface area contributed by atoms with Gasteiger partial charge in [-0.1, -0.05) is 18.2 Å². The summed E-state index contributed by atoms with van der Waals surface area (Å²) in [6.45, 7) is 2.08. The van der Waals surface area contributed by atoms with E-state index in [1.807, 2.05) is 6.07 Å². The van der Waals surface area contributed by atoms with Crippen LogP contribution in [0, 0.1) is 17.7 Å². The van der Waals surface area contributed by atoms with Gasteiger partial charge in [-0.3, -0.25) is 0 Å². The zero-order valence-electron chi connectivity index (χ0n) is 7.94. The van der Waals surface area contributed by atoms with Crippen molar-refractivity contribution in [3.8, 4) is 0 Å². The van der Waals surface area contributed by atoms with E-state index in [0.29, 0.717) is 4.90 Å². The predicted molar refractivity (Wildman–Crippen MR) is 50.8 cm³/mol. The van der Waals surface area contributed by atoms with Gasteiger partial charge in [0.05, 0.1) is 0 Å². The van der Waals surface area contributed by atoms with Crippen molar-refractivity contribution in [2.45, 2.75) is 24.7 Å². The van der Waals surface area contributed by atoms with Crippen molar-refractivity contribution in [2.75, 3.05) is 5.75 Å². The van der Waals surface area contributed by atoms with Gasteiger partial charge in [0, 0.05) is 33.4 Å². The normalized spacial score (nSPS) is 9.64. The van der Waals surface area contributed by atoms with Crippen molar-refractivity contribution in [1.82, 2.24) is 0 Å². The molecule has 0 N–H and O–H groups in total. The molecule has 0 aromatic heterocycles. The predicted octanol–water partition coefficient (Wildman–Crippen LogP) is 3.65. The van der Waals surface area contributed by atoms with Gasteiger partial charge in [0.15, 0.2) is 0 Å². The van der Waals surface area contributed by atoms with Crippen molar-refractivity contribution < 1.29 is 30.5 Å². The van der Waals surface area contributed by atoms with Crippen molar-refractivity contribution in [3.63, 3.8) is 0 Å². The van der Waals surface area contributed by atoms with Crippen molar-refractivity contribution in [3.05, 3.63) is 29.8 Å². The summed E-state index contributed by atoms with van der Waals surface area (Å²) < 4.78 is 25.4. The average molecular weight is 249 g/mol. The summed E-state index contributed by atoms with van der Waals surface area (Å²) in [7, 11) is 0. The summed E-state index contributed by atoms with van der Waals surface area (Å²) in [6.07, 6.45) is 2.13. The fourth-order valence-electron chi connectivity index (χ4n) is 0.868. The molecule has 0 amide bonds. The molecule has 1 rings (SSSR count). The summed E-state index contributed by atoms with van der Waals surface area (Å²) in [5.41, 5.74) is 0. The van der Waals surface area contributed by atoms with Crippen molar-refractivity contribution >= 4 is 11.8 Å². The van der Waals surface area contributed by atoms with E-state index in [9.17, 15) is 8.78 Å². The molecule has 4 heteroatoms. The topological polar surface area (TPSA) is 0 Å². The Morgan fingerprint density at radius 1 is 1.36 bits per heavy atom. The third-order valence-electron chi connectivity index (χ3n) is 1.58. The van der Waals surface area contributed by atoms with Gasteiger partial charge in [-0.15, -0.1) is 12.1 Å². The molecule has 0 aliphatic heterocycles. The zero-order valence-corrected chi connectivity index (χ0v) is 10.3. The molecule has 1 aromatic rings. The number of benzene rings is 1. The van der Waals surface area contributed by atoms with Gasteiger partial charge in [-0.25, -0.2) is 8.78 Å². The monoisotopic (exact) mass is 249 g/mol. The van der Waals surface area contributed by atoms with Crippen LogP contribution < -0.4 is 0 Å². The fourth-order valence-corrected chi connectivity index (χ4v) is 1.86. The van der Waals surface area contributed by atoms with Crippen LogP contribution in [0.1, 0.15) is 19.8 Å². The Morgan fingerprint density at radius 3 is 2.64 bits per heavy atom. The van der Waals surface area contributed by atoms with Crippen LogP contribution >= 0.6 is 11.8 Å². The molecule has 76 valence electrons. The number of thioether (sulfide) groups is 1. The summed E-state index contributed by atoms with van der Waals surface area (Å²) in [4.78, 5) is 0.481. The van der Waals surface area contributed by atoms with E-state index in [4.69, 9.17) is 0 Å². The number of unbranched alkanes of at least 4 members (excludes halogenated alkanes) is 1. The maximum atomic E-state index is 13.0. The smallest absolute Gasteiger partial charge is 0.0268 e.